The van der Waals surface area contributed by atoms with Crippen molar-refractivity contribution in [2.24, 2.45) is 10.9 Å². The van der Waals surface area contributed by atoms with E-state index < -0.39 is 0 Å². The van der Waals surface area contributed by atoms with Crippen LogP contribution in [0, 0.1) is 5.92 Å². The summed E-state index contributed by atoms with van der Waals surface area (Å²) in [6.45, 7) is 3.34. The van der Waals surface area contributed by atoms with Gasteiger partial charge in [-0.2, -0.15) is 0 Å². The zero-order valence-corrected chi connectivity index (χ0v) is 15.0. The van der Waals surface area contributed by atoms with E-state index in [1.807, 2.05) is 19.2 Å². The van der Waals surface area contributed by atoms with E-state index in [2.05, 4.69) is 44.3 Å². The van der Waals surface area contributed by atoms with Crippen LogP contribution in [0.1, 0.15) is 12.0 Å². The maximum atomic E-state index is 5.44. The Hall–Kier alpha value is -1.27. The largest absolute Gasteiger partial charge is 0.496 e. The summed E-state index contributed by atoms with van der Waals surface area (Å²) in [7, 11) is 5.56. The number of hydrogen-bond donors (Lipinski definition) is 1. The van der Waals surface area contributed by atoms with E-state index in [9.17, 15) is 0 Å². The summed E-state index contributed by atoms with van der Waals surface area (Å²) in [6.07, 6.45) is 1.13. The topological polar surface area (TPSA) is 46.1 Å². The SMILES string of the molecule is CN=C(NCc1cc(Br)ccc1OC)N(C)CC1CCOC1. The number of hydrogen-bond acceptors (Lipinski definition) is 3. The number of halogens is 1. The lowest BCUT2D eigenvalue weighted by atomic mass is 10.1. The van der Waals surface area contributed by atoms with E-state index in [4.69, 9.17) is 9.47 Å². The number of rotatable bonds is 5. The maximum absolute atomic E-state index is 5.44. The molecule has 0 aliphatic carbocycles. The molecule has 1 heterocycles. The maximum Gasteiger partial charge on any atom is 0.193 e. The first-order chi connectivity index (χ1) is 10.6. The van der Waals surface area contributed by atoms with Crippen molar-refractivity contribution in [2.45, 2.75) is 13.0 Å². The summed E-state index contributed by atoms with van der Waals surface area (Å²) < 4.78 is 11.9. The van der Waals surface area contributed by atoms with E-state index >= 15 is 0 Å². The number of aliphatic imine (C=N–C) groups is 1. The fraction of sp³-hybridized carbons (Fsp3) is 0.562. The number of ether oxygens (including phenoxy) is 2. The van der Waals surface area contributed by atoms with Crippen molar-refractivity contribution in [2.75, 3.05) is 41.0 Å². The van der Waals surface area contributed by atoms with Crippen molar-refractivity contribution < 1.29 is 9.47 Å². The minimum atomic E-state index is 0.587. The van der Waals surface area contributed by atoms with Crippen molar-refractivity contribution >= 4 is 21.9 Å². The van der Waals surface area contributed by atoms with Crippen LogP contribution >= 0.6 is 15.9 Å². The van der Waals surface area contributed by atoms with E-state index in [-0.39, 0.29) is 0 Å². The Morgan fingerprint density at radius 1 is 1.55 bits per heavy atom. The van der Waals surface area contributed by atoms with Crippen LogP contribution in [0.2, 0.25) is 0 Å². The molecule has 1 unspecified atom stereocenters. The minimum Gasteiger partial charge on any atom is -0.496 e. The third-order valence-corrected chi connectivity index (χ3v) is 4.30. The van der Waals surface area contributed by atoms with Gasteiger partial charge >= 0.3 is 0 Å². The Labute approximate surface area is 140 Å². The van der Waals surface area contributed by atoms with Gasteiger partial charge in [-0.15, -0.1) is 0 Å². The van der Waals surface area contributed by atoms with Crippen molar-refractivity contribution in [3.8, 4) is 5.75 Å². The molecule has 1 aromatic rings. The van der Waals surface area contributed by atoms with Crippen LogP contribution in [0.3, 0.4) is 0 Å². The molecule has 1 aromatic carbocycles. The third kappa shape index (κ3) is 4.61. The van der Waals surface area contributed by atoms with Crippen LogP contribution in [0.15, 0.2) is 27.7 Å². The standard InChI is InChI=1S/C16H24BrN3O2/c1-18-16(20(2)10-12-6-7-22-11-12)19-9-13-8-14(17)4-5-15(13)21-3/h4-5,8,12H,6-7,9-11H2,1-3H3,(H,18,19). The summed E-state index contributed by atoms with van der Waals surface area (Å²) in [5.41, 5.74) is 1.09. The van der Waals surface area contributed by atoms with Crippen molar-refractivity contribution in [1.82, 2.24) is 10.2 Å². The molecule has 0 amide bonds. The number of methoxy groups -OCH3 is 1. The molecule has 5 nitrogen and oxygen atoms in total. The molecule has 0 saturated carbocycles. The second-order valence-electron chi connectivity index (χ2n) is 5.47. The molecule has 0 radical (unpaired) electrons. The highest BCUT2D eigenvalue weighted by molar-refractivity contribution is 9.10. The third-order valence-electron chi connectivity index (χ3n) is 3.81. The molecule has 1 atom stereocenters. The highest BCUT2D eigenvalue weighted by Gasteiger charge is 2.19. The molecule has 1 aliphatic heterocycles. The first-order valence-electron chi connectivity index (χ1n) is 7.46. The van der Waals surface area contributed by atoms with Crippen molar-refractivity contribution in [3.05, 3.63) is 28.2 Å². The average molecular weight is 370 g/mol. The van der Waals surface area contributed by atoms with Crippen LogP contribution in [-0.2, 0) is 11.3 Å². The molecule has 122 valence electrons. The normalized spacial score (nSPS) is 18.4. The fourth-order valence-corrected chi connectivity index (χ4v) is 3.05. The van der Waals surface area contributed by atoms with Crippen LogP contribution in [0.4, 0.5) is 0 Å². The van der Waals surface area contributed by atoms with Gasteiger partial charge in [-0.25, -0.2) is 0 Å². The van der Waals surface area contributed by atoms with Crippen molar-refractivity contribution in [1.29, 1.82) is 0 Å². The summed E-state index contributed by atoms with van der Waals surface area (Å²) in [5.74, 6) is 2.34. The molecule has 1 fully saturated rings. The van der Waals surface area contributed by atoms with Gasteiger partial charge in [0.25, 0.3) is 0 Å². The highest BCUT2D eigenvalue weighted by Crippen LogP contribution is 2.22. The van der Waals surface area contributed by atoms with Crippen molar-refractivity contribution in [3.63, 3.8) is 0 Å². The number of nitrogens with zero attached hydrogens (tertiary/aromatic N) is 2. The summed E-state index contributed by atoms with van der Waals surface area (Å²) in [4.78, 5) is 6.52. The Kier molecular flexibility index (Phi) is 6.51. The van der Waals surface area contributed by atoms with Gasteiger partial charge in [0.1, 0.15) is 5.75 Å². The van der Waals surface area contributed by atoms with Gasteiger partial charge < -0.3 is 19.7 Å². The van der Waals surface area contributed by atoms with E-state index in [0.717, 1.165) is 47.9 Å². The lowest BCUT2D eigenvalue weighted by molar-refractivity contribution is 0.181. The molecule has 0 spiro atoms. The molecule has 1 aliphatic rings. The first-order valence-corrected chi connectivity index (χ1v) is 8.25. The van der Waals surface area contributed by atoms with Gasteiger partial charge in [0, 0.05) is 49.7 Å². The Morgan fingerprint density at radius 3 is 3.00 bits per heavy atom. The quantitative estimate of drug-likeness (QED) is 0.639. The summed E-state index contributed by atoms with van der Waals surface area (Å²) in [6, 6.07) is 6.00. The van der Waals surface area contributed by atoms with Gasteiger partial charge in [0.15, 0.2) is 5.96 Å². The first kappa shape index (κ1) is 17.1. The smallest absolute Gasteiger partial charge is 0.193 e. The van der Waals surface area contributed by atoms with Crippen LogP contribution < -0.4 is 10.1 Å². The molecule has 0 aromatic heterocycles. The van der Waals surface area contributed by atoms with E-state index in [1.54, 1.807) is 7.11 Å². The second kappa shape index (κ2) is 8.39. The second-order valence-corrected chi connectivity index (χ2v) is 6.38. The highest BCUT2D eigenvalue weighted by atomic mass is 79.9. The average Bonchev–Trinajstić information content (AvgIpc) is 3.01. The van der Waals surface area contributed by atoms with Crippen LogP contribution in [0.5, 0.6) is 5.75 Å². The minimum absolute atomic E-state index is 0.587. The molecule has 6 heteroatoms. The predicted octanol–water partition coefficient (Wildman–Crippen LogP) is 2.50. The molecule has 2 rings (SSSR count). The lowest BCUT2D eigenvalue weighted by Crippen LogP contribution is -2.41. The number of benzene rings is 1. The zero-order valence-electron chi connectivity index (χ0n) is 13.4. The van der Waals surface area contributed by atoms with Gasteiger partial charge in [0.05, 0.1) is 13.7 Å². The van der Waals surface area contributed by atoms with Gasteiger partial charge in [0.2, 0.25) is 0 Å². The monoisotopic (exact) mass is 369 g/mol. The zero-order chi connectivity index (χ0) is 15.9. The Bertz CT molecular complexity index is 516. The number of guanidine groups is 1. The Balaban J connectivity index is 1.94. The lowest BCUT2D eigenvalue weighted by Gasteiger charge is -2.24. The van der Waals surface area contributed by atoms with E-state index in [0.29, 0.717) is 12.5 Å². The molecule has 22 heavy (non-hydrogen) atoms. The number of nitrogens with one attached hydrogen (secondary N) is 1. The fourth-order valence-electron chi connectivity index (χ4n) is 2.65. The molecular formula is C16H24BrN3O2. The predicted molar refractivity (Wildman–Crippen MR) is 92.4 cm³/mol. The molecule has 1 saturated heterocycles. The van der Waals surface area contributed by atoms with Gasteiger partial charge in [-0.3, -0.25) is 4.99 Å². The van der Waals surface area contributed by atoms with E-state index in [1.165, 1.54) is 0 Å². The van der Waals surface area contributed by atoms with Crippen LogP contribution in [-0.4, -0.2) is 51.8 Å². The molecule has 1 N–H and O–H groups in total. The van der Waals surface area contributed by atoms with Gasteiger partial charge in [-0.1, -0.05) is 15.9 Å². The molecule has 0 bridgehead atoms. The van der Waals surface area contributed by atoms with Crippen LogP contribution in [0.25, 0.3) is 0 Å². The Morgan fingerprint density at radius 2 is 2.36 bits per heavy atom. The summed E-state index contributed by atoms with van der Waals surface area (Å²) in [5, 5.41) is 3.40. The van der Waals surface area contributed by atoms with Gasteiger partial charge in [-0.05, 0) is 24.6 Å². The molecular weight excluding hydrogens is 346 g/mol. The summed E-state index contributed by atoms with van der Waals surface area (Å²) >= 11 is 3.50.